The van der Waals surface area contributed by atoms with Crippen LogP contribution < -0.4 is 10.2 Å². The lowest BCUT2D eigenvalue weighted by Crippen LogP contribution is -2.44. The molecule has 0 spiro atoms. The van der Waals surface area contributed by atoms with Crippen molar-refractivity contribution in [3.05, 3.63) is 28.2 Å². The van der Waals surface area contributed by atoms with Crippen molar-refractivity contribution in [3.8, 4) is 6.07 Å². The standard InChI is InChI=1S/C16H22BrN3/c1-2-9-20(12-15-5-3-4-8-19-15)16-7-6-14(17)10-13(16)11-18/h6-7,10,15,19H,2-5,8-9,12H2,1H3. The van der Waals surface area contributed by atoms with Crippen molar-refractivity contribution >= 4 is 21.6 Å². The van der Waals surface area contributed by atoms with Gasteiger partial charge in [0.1, 0.15) is 6.07 Å². The van der Waals surface area contributed by atoms with Crippen LogP contribution in [0.5, 0.6) is 0 Å². The number of nitrogens with one attached hydrogen (secondary N) is 1. The minimum Gasteiger partial charge on any atom is -0.369 e. The maximum atomic E-state index is 9.35. The zero-order valence-electron chi connectivity index (χ0n) is 12.0. The molecule has 4 heteroatoms. The summed E-state index contributed by atoms with van der Waals surface area (Å²) in [7, 11) is 0. The zero-order chi connectivity index (χ0) is 14.4. The Morgan fingerprint density at radius 3 is 2.95 bits per heavy atom. The summed E-state index contributed by atoms with van der Waals surface area (Å²) in [6.45, 7) is 5.29. The van der Waals surface area contributed by atoms with Crippen LogP contribution in [0, 0.1) is 11.3 Å². The van der Waals surface area contributed by atoms with E-state index in [1.165, 1.54) is 19.3 Å². The Morgan fingerprint density at radius 2 is 2.30 bits per heavy atom. The molecule has 0 aliphatic carbocycles. The van der Waals surface area contributed by atoms with Crippen LogP contribution in [0.3, 0.4) is 0 Å². The number of nitrogens with zero attached hydrogens (tertiary/aromatic N) is 2. The van der Waals surface area contributed by atoms with Gasteiger partial charge in [0.15, 0.2) is 0 Å². The monoisotopic (exact) mass is 335 g/mol. The van der Waals surface area contributed by atoms with Gasteiger partial charge in [-0.05, 0) is 44.0 Å². The predicted molar refractivity (Wildman–Crippen MR) is 87.0 cm³/mol. The number of rotatable bonds is 5. The first-order chi connectivity index (χ1) is 9.74. The smallest absolute Gasteiger partial charge is 0.101 e. The van der Waals surface area contributed by atoms with Gasteiger partial charge in [-0.25, -0.2) is 0 Å². The molecule has 1 aromatic rings. The fourth-order valence-electron chi connectivity index (χ4n) is 2.80. The Kier molecular flexibility index (Phi) is 5.87. The second-order valence-electron chi connectivity index (χ2n) is 5.37. The van der Waals surface area contributed by atoms with Gasteiger partial charge in [-0.1, -0.05) is 29.3 Å². The van der Waals surface area contributed by atoms with Crippen LogP contribution in [0.25, 0.3) is 0 Å². The van der Waals surface area contributed by atoms with E-state index in [1.807, 2.05) is 12.1 Å². The summed E-state index contributed by atoms with van der Waals surface area (Å²) in [6.07, 6.45) is 4.92. The van der Waals surface area contributed by atoms with E-state index < -0.39 is 0 Å². The summed E-state index contributed by atoms with van der Waals surface area (Å²) >= 11 is 3.44. The normalized spacial score (nSPS) is 18.6. The Hall–Kier alpha value is -1.05. The number of nitriles is 1. The van der Waals surface area contributed by atoms with Crippen LogP contribution in [0.1, 0.15) is 38.2 Å². The average Bonchev–Trinajstić information content (AvgIpc) is 2.48. The molecule has 1 aliphatic rings. The minimum absolute atomic E-state index is 0.547. The molecule has 2 rings (SSSR count). The molecule has 108 valence electrons. The number of piperidine rings is 1. The second-order valence-corrected chi connectivity index (χ2v) is 6.28. The van der Waals surface area contributed by atoms with Crippen molar-refractivity contribution in [2.75, 3.05) is 24.5 Å². The number of hydrogen-bond donors (Lipinski definition) is 1. The highest BCUT2D eigenvalue weighted by Gasteiger charge is 2.18. The van der Waals surface area contributed by atoms with Crippen molar-refractivity contribution in [3.63, 3.8) is 0 Å². The highest BCUT2D eigenvalue weighted by Crippen LogP contribution is 2.25. The van der Waals surface area contributed by atoms with Gasteiger partial charge in [-0.3, -0.25) is 0 Å². The second kappa shape index (κ2) is 7.66. The maximum Gasteiger partial charge on any atom is 0.101 e. The molecule has 20 heavy (non-hydrogen) atoms. The molecule has 0 aromatic heterocycles. The minimum atomic E-state index is 0.547. The molecular formula is C16H22BrN3. The summed E-state index contributed by atoms with van der Waals surface area (Å²) < 4.78 is 0.963. The van der Waals surface area contributed by atoms with Gasteiger partial charge < -0.3 is 10.2 Å². The Labute approximate surface area is 130 Å². The maximum absolute atomic E-state index is 9.35. The molecule has 1 heterocycles. The lowest BCUT2D eigenvalue weighted by Gasteiger charge is -2.32. The van der Waals surface area contributed by atoms with Crippen LogP contribution in [0.15, 0.2) is 22.7 Å². The molecule has 1 saturated heterocycles. The molecule has 0 bridgehead atoms. The zero-order valence-corrected chi connectivity index (χ0v) is 13.6. The van der Waals surface area contributed by atoms with Crippen LogP contribution in [-0.2, 0) is 0 Å². The first-order valence-electron chi connectivity index (χ1n) is 7.42. The first-order valence-corrected chi connectivity index (χ1v) is 8.22. The first kappa shape index (κ1) is 15.3. The van der Waals surface area contributed by atoms with Gasteiger partial charge in [0, 0.05) is 23.6 Å². The van der Waals surface area contributed by atoms with E-state index in [1.54, 1.807) is 0 Å². The summed E-state index contributed by atoms with van der Waals surface area (Å²) in [4.78, 5) is 2.36. The highest BCUT2D eigenvalue weighted by atomic mass is 79.9. The van der Waals surface area contributed by atoms with Crippen LogP contribution in [0.4, 0.5) is 5.69 Å². The molecule has 3 nitrogen and oxygen atoms in total. The molecule has 0 radical (unpaired) electrons. The fourth-order valence-corrected chi connectivity index (χ4v) is 3.16. The van der Waals surface area contributed by atoms with E-state index in [2.05, 4.69) is 45.2 Å². The fraction of sp³-hybridized carbons (Fsp3) is 0.562. The topological polar surface area (TPSA) is 39.1 Å². The van der Waals surface area contributed by atoms with Crippen molar-refractivity contribution in [1.82, 2.24) is 5.32 Å². The van der Waals surface area contributed by atoms with Gasteiger partial charge in [0.25, 0.3) is 0 Å². The van der Waals surface area contributed by atoms with E-state index in [-0.39, 0.29) is 0 Å². The predicted octanol–water partition coefficient (Wildman–Crippen LogP) is 3.68. The van der Waals surface area contributed by atoms with Crippen molar-refractivity contribution in [1.29, 1.82) is 5.26 Å². The molecular weight excluding hydrogens is 314 g/mol. The van der Waals surface area contributed by atoms with E-state index >= 15 is 0 Å². The molecule has 1 atom stereocenters. The molecule has 1 aliphatic heterocycles. The highest BCUT2D eigenvalue weighted by molar-refractivity contribution is 9.10. The summed E-state index contributed by atoms with van der Waals surface area (Å²) in [5.41, 5.74) is 1.81. The SMILES string of the molecule is CCCN(CC1CCCCN1)c1ccc(Br)cc1C#N. The Balaban J connectivity index is 2.17. The van der Waals surface area contributed by atoms with E-state index in [0.29, 0.717) is 6.04 Å². The molecule has 0 saturated carbocycles. The van der Waals surface area contributed by atoms with Crippen molar-refractivity contribution in [2.45, 2.75) is 38.6 Å². The third kappa shape index (κ3) is 3.97. The van der Waals surface area contributed by atoms with E-state index in [9.17, 15) is 5.26 Å². The third-order valence-electron chi connectivity index (χ3n) is 3.77. The summed E-state index contributed by atoms with van der Waals surface area (Å²) in [5, 5.41) is 12.9. The largest absolute Gasteiger partial charge is 0.369 e. The summed E-state index contributed by atoms with van der Waals surface area (Å²) in [5.74, 6) is 0. The lowest BCUT2D eigenvalue weighted by molar-refractivity contribution is 0.399. The van der Waals surface area contributed by atoms with Gasteiger partial charge in [-0.15, -0.1) is 0 Å². The Bertz CT molecular complexity index is 475. The summed E-state index contributed by atoms with van der Waals surface area (Å²) in [6, 6.07) is 8.85. The van der Waals surface area contributed by atoms with Gasteiger partial charge in [0.2, 0.25) is 0 Å². The van der Waals surface area contributed by atoms with Crippen LogP contribution in [0.2, 0.25) is 0 Å². The van der Waals surface area contributed by atoms with Gasteiger partial charge in [-0.2, -0.15) is 5.26 Å². The van der Waals surface area contributed by atoms with E-state index in [4.69, 9.17) is 0 Å². The van der Waals surface area contributed by atoms with Crippen LogP contribution in [-0.4, -0.2) is 25.7 Å². The molecule has 1 fully saturated rings. The molecule has 1 aromatic carbocycles. The van der Waals surface area contributed by atoms with Gasteiger partial charge in [0.05, 0.1) is 11.3 Å². The van der Waals surface area contributed by atoms with Crippen molar-refractivity contribution in [2.24, 2.45) is 0 Å². The van der Waals surface area contributed by atoms with Gasteiger partial charge >= 0.3 is 0 Å². The molecule has 1 unspecified atom stereocenters. The Morgan fingerprint density at radius 1 is 1.45 bits per heavy atom. The van der Waals surface area contributed by atoms with Crippen LogP contribution >= 0.6 is 15.9 Å². The average molecular weight is 336 g/mol. The number of hydrogen-bond acceptors (Lipinski definition) is 3. The third-order valence-corrected chi connectivity index (χ3v) is 4.26. The number of anilines is 1. The molecule has 1 N–H and O–H groups in total. The molecule has 0 amide bonds. The number of halogens is 1. The lowest BCUT2D eigenvalue weighted by atomic mass is 10.0. The number of benzene rings is 1. The van der Waals surface area contributed by atoms with Crippen molar-refractivity contribution < 1.29 is 0 Å². The quantitative estimate of drug-likeness (QED) is 0.892. The van der Waals surface area contributed by atoms with E-state index in [0.717, 1.165) is 41.8 Å².